The molecule has 346 valence electrons. The fourth-order valence-electron chi connectivity index (χ4n) is 8.25. The monoisotopic (exact) mass is 846 g/mol. The Hall–Kier alpha value is -3.17. The van der Waals surface area contributed by atoms with Crippen LogP contribution < -0.4 is 4.74 Å². The average Bonchev–Trinajstić information content (AvgIpc) is 3.23. The van der Waals surface area contributed by atoms with Crippen LogP contribution in [0.1, 0.15) is 233 Å². The zero-order valence-electron chi connectivity index (χ0n) is 38.6. The van der Waals surface area contributed by atoms with E-state index in [9.17, 15) is 24.5 Å². The minimum Gasteiger partial charge on any atom is -0.481 e. The Bertz CT molecular complexity index is 1220. The van der Waals surface area contributed by atoms with Crippen molar-refractivity contribution in [2.75, 3.05) is 6.61 Å². The number of carbonyl (C=O) groups excluding carboxylic acids is 2. The first-order chi connectivity index (χ1) is 29.1. The van der Waals surface area contributed by atoms with Crippen molar-refractivity contribution in [1.82, 2.24) is 0 Å². The highest BCUT2D eigenvalue weighted by molar-refractivity contribution is 5.72. The maximum Gasteiger partial charge on any atom is 0.514 e. The van der Waals surface area contributed by atoms with Crippen molar-refractivity contribution in [2.45, 2.75) is 239 Å². The molecule has 0 bridgehead atoms. The summed E-state index contributed by atoms with van der Waals surface area (Å²) in [5.41, 5.74) is -0.0829. The summed E-state index contributed by atoms with van der Waals surface area (Å²) in [5.74, 6) is 0.463. The highest BCUT2D eigenvalue weighted by Gasteiger charge is 2.25. The molecule has 0 aromatic heterocycles. The summed E-state index contributed by atoms with van der Waals surface area (Å²) in [5, 5.41) is 19.9. The fourth-order valence-corrected chi connectivity index (χ4v) is 8.25. The summed E-state index contributed by atoms with van der Waals surface area (Å²) in [6, 6.07) is 5.37. The molecule has 1 N–H and O–H groups in total. The second kappa shape index (κ2) is 37.6. The van der Waals surface area contributed by atoms with Crippen LogP contribution in [0.15, 0.2) is 24.3 Å². The first-order valence-electron chi connectivity index (χ1n) is 24.6. The van der Waals surface area contributed by atoms with Gasteiger partial charge in [0.05, 0.1) is 17.4 Å². The Morgan fingerprint density at radius 3 is 1.57 bits per heavy atom. The van der Waals surface area contributed by atoms with Crippen molar-refractivity contribution in [3.8, 4) is 5.75 Å². The number of nitro benzene ring substituents is 1. The molecule has 0 amide bonds. The lowest BCUT2D eigenvalue weighted by molar-refractivity contribution is -0.384. The van der Waals surface area contributed by atoms with E-state index in [0.29, 0.717) is 31.3 Å². The van der Waals surface area contributed by atoms with Crippen molar-refractivity contribution in [3.63, 3.8) is 0 Å². The number of carboxylic acids is 1. The van der Waals surface area contributed by atoms with Crippen LogP contribution in [0, 0.1) is 27.9 Å². The van der Waals surface area contributed by atoms with Crippen molar-refractivity contribution in [3.05, 3.63) is 34.4 Å². The highest BCUT2D eigenvalue weighted by atomic mass is 16.7. The Morgan fingerprint density at radius 1 is 0.583 bits per heavy atom. The quantitative estimate of drug-likeness (QED) is 0.0224. The van der Waals surface area contributed by atoms with E-state index < -0.39 is 17.0 Å². The first-order valence-corrected chi connectivity index (χ1v) is 24.6. The van der Waals surface area contributed by atoms with Crippen molar-refractivity contribution >= 4 is 23.8 Å². The number of ether oxygens (including phenoxy) is 3. The number of nitrogens with zero attached hydrogens (tertiary/aromatic N) is 1. The smallest absolute Gasteiger partial charge is 0.481 e. The van der Waals surface area contributed by atoms with Crippen LogP contribution in [0.4, 0.5) is 10.5 Å². The number of carbonyl (C=O) groups is 3. The molecule has 0 aliphatic heterocycles. The molecule has 1 aromatic rings. The van der Waals surface area contributed by atoms with E-state index in [2.05, 4.69) is 27.7 Å². The molecule has 0 aliphatic carbocycles. The van der Waals surface area contributed by atoms with Crippen LogP contribution in [0.25, 0.3) is 0 Å². The minimum absolute atomic E-state index is 0.0287. The van der Waals surface area contributed by atoms with E-state index in [4.69, 9.17) is 19.3 Å². The molecule has 0 saturated heterocycles. The molecular weight excluding hydrogens is 759 g/mol. The van der Waals surface area contributed by atoms with Crippen LogP contribution in [0.2, 0.25) is 0 Å². The number of rotatable bonds is 41. The molecule has 0 radical (unpaired) electrons. The van der Waals surface area contributed by atoms with Crippen LogP contribution in [0.3, 0.4) is 0 Å². The molecule has 4 atom stereocenters. The number of aliphatic carboxylic acids is 1. The third kappa shape index (κ3) is 30.0. The second-order valence-electron chi connectivity index (χ2n) is 17.5. The molecule has 0 spiro atoms. The molecule has 1 rings (SSSR count). The first kappa shape index (κ1) is 54.8. The Kier molecular flexibility index (Phi) is 34.4. The van der Waals surface area contributed by atoms with E-state index in [-0.39, 0.29) is 35.8 Å². The molecule has 1 aromatic carbocycles. The Labute approximate surface area is 365 Å². The molecule has 60 heavy (non-hydrogen) atoms. The van der Waals surface area contributed by atoms with Gasteiger partial charge in [-0.15, -0.1) is 0 Å². The number of carboxylic acid groups (broad SMARTS) is 1. The summed E-state index contributed by atoms with van der Waals surface area (Å²) in [6.07, 6.45) is 32.2. The molecular formula is C50H87NO9. The van der Waals surface area contributed by atoms with Crippen LogP contribution in [-0.4, -0.2) is 40.8 Å². The lowest BCUT2D eigenvalue weighted by Crippen LogP contribution is -2.24. The number of benzene rings is 1. The van der Waals surface area contributed by atoms with Gasteiger partial charge in [-0.2, -0.15) is 0 Å². The standard InChI is InChI=1S/C50H87NO9/c1-5-9-13-22-30-42(28-11-7-3)40-44(49(54)58-41-43(29-12-8-4)31-23-14-10-6-2)32-24-18-17-20-26-34-46(33-25-19-15-16-21-27-35-48(52)53)59-50(55)60-47-38-36-45(37-39-47)51(56)57/h36-39,42-44,46H,5-35,40-41H2,1-4H3,(H,52,53). The van der Waals surface area contributed by atoms with Crippen LogP contribution in [0.5, 0.6) is 5.75 Å². The van der Waals surface area contributed by atoms with Gasteiger partial charge < -0.3 is 19.3 Å². The molecule has 0 aliphatic rings. The molecule has 10 heteroatoms. The molecule has 0 heterocycles. The molecule has 4 unspecified atom stereocenters. The number of nitro groups is 1. The number of non-ortho nitro benzene ring substituents is 1. The summed E-state index contributed by atoms with van der Waals surface area (Å²) in [6.45, 7) is 9.56. The summed E-state index contributed by atoms with van der Waals surface area (Å²) >= 11 is 0. The Morgan fingerprint density at radius 2 is 1.03 bits per heavy atom. The normalized spacial score (nSPS) is 13.3. The second-order valence-corrected chi connectivity index (χ2v) is 17.5. The minimum atomic E-state index is -0.809. The SMILES string of the molecule is CCCCCCC(CCCC)COC(=O)C(CCCCCCCC(CCCCCCCCC(=O)O)OC(=O)Oc1ccc([N+](=O)[O-])cc1)CC(CCCC)CCCCCC. The predicted molar refractivity (Wildman–Crippen MR) is 243 cm³/mol. The summed E-state index contributed by atoms with van der Waals surface area (Å²) < 4.78 is 17.3. The van der Waals surface area contributed by atoms with Crippen molar-refractivity contribution < 1.29 is 38.6 Å². The van der Waals surface area contributed by atoms with E-state index in [1.165, 1.54) is 114 Å². The van der Waals surface area contributed by atoms with E-state index in [1.807, 2.05) is 0 Å². The van der Waals surface area contributed by atoms with Crippen LogP contribution in [-0.2, 0) is 19.1 Å². The van der Waals surface area contributed by atoms with Gasteiger partial charge >= 0.3 is 18.1 Å². The van der Waals surface area contributed by atoms with Gasteiger partial charge in [-0.05, 0) is 81.8 Å². The highest BCUT2D eigenvalue weighted by Crippen LogP contribution is 2.30. The molecule has 0 fully saturated rings. The topological polar surface area (TPSA) is 142 Å². The van der Waals surface area contributed by atoms with Gasteiger partial charge in [0.25, 0.3) is 5.69 Å². The van der Waals surface area contributed by atoms with Crippen molar-refractivity contribution in [2.24, 2.45) is 17.8 Å². The van der Waals surface area contributed by atoms with Gasteiger partial charge in [-0.25, -0.2) is 4.79 Å². The average molecular weight is 846 g/mol. The zero-order valence-corrected chi connectivity index (χ0v) is 38.6. The van der Waals surface area contributed by atoms with Gasteiger partial charge in [-0.1, -0.05) is 169 Å². The predicted octanol–water partition coefficient (Wildman–Crippen LogP) is 15.5. The van der Waals surface area contributed by atoms with Crippen LogP contribution >= 0.6 is 0 Å². The fraction of sp³-hybridized carbons (Fsp3) is 0.820. The van der Waals surface area contributed by atoms with E-state index in [0.717, 1.165) is 96.3 Å². The summed E-state index contributed by atoms with van der Waals surface area (Å²) in [4.78, 5) is 47.9. The summed E-state index contributed by atoms with van der Waals surface area (Å²) in [7, 11) is 0. The lowest BCUT2D eigenvalue weighted by atomic mass is 9.84. The number of esters is 1. The van der Waals surface area contributed by atoms with Gasteiger partial charge in [-0.3, -0.25) is 19.7 Å². The van der Waals surface area contributed by atoms with Gasteiger partial charge in [0.2, 0.25) is 0 Å². The van der Waals surface area contributed by atoms with Gasteiger partial charge in [0.1, 0.15) is 11.9 Å². The zero-order chi connectivity index (χ0) is 44.1. The maximum absolute atomic E-state index is 13.8. The molecule has 0 saturated carbocycles. The molecule has 10 nitrogen and oxygen atoms in total. The van der Waals surface area contributed by atoms with E-state index in [1.54, 1.807) is 0 Å². The number of hydrogen-bond donors (Lipinski definition) is 1. The third-order valence-corrected chi connectivity index (χ3v) is 12.0. The van der Waals surface area contributed by atoms with Gasteiger partial charge in [0, 0.05) is 18.6 Å². The third-order valence-electron chi connectivity index (χ3n) is 12.0. The lowest BCUT2D eigenvalue weighted by Gasteiger charge is -2.24. The maximum atomic E-state index is 13.8. The van der Waals surface area contributed by atoms with Gasteiger partial charge in [0.15, 0.2) is 0 Å². The number of unbranched alkanes of at least 4 members (excludes halogenated alkanes) is 17. The van der Waals surface area contributed by atoms with Crippen molar-refractivity contribution in [1.29, 1.82) is 0 Å². The van der Waals surface area contributed by atoms with E-state index >= 15 is 0 Å². The Balaban J connectivity index is 2.78. The largest absolute Gasteiger partial charge is 0.514 e. The number of hydrogen-bond acceptors (Lipinski definition) is 8.